The highest BCUT2D eigenvalue weighted by molar-refractivity contribution is 5.84. The zero-order valence-corrected chi connectivity index (χ0v) is 14.4. The minimum Gasteiger partial charge on any atom is -0.493 e. The Bertz CT molecular complexity index is 542. The molecule has 0 unspecified atom stereocenters. The molecule has 0 N–H and O–H groups in total. The molecule has 1 aromatic carbocycles. The van der Waals surface area contributed by atoms with Crippen LogP contribution in [0.25, 0.3) is 0 Å². The molecule has 0 bridgehead atoms. The van der Waals surface area contributed by atoms with E-state index in [4.69, 9.17) is 14.2 Å². The van der Waals surface area contributed by atoms with Crippen molar-refractivity contribution < 1.29 is 23.8 Å². The maximum Gasteiger partial charge on any atom is 0.325 e. The van der Waals surface area contributed by atoms with Crippen molar-refractivity contribution in [2.24, 2.45) is 0 Å². The smallest absolute Gasteiger partial charge is 0.325 e. The van der Waals surface area contributed by atoms with Crippen molar-refractivity contribution in [3.05, 3.63) is 23.8 Å². The van der Waals surface area contributed by atoms with E-state index < -0.39 is 5.97 Å². The van der Waals surface area contributed by atoms with E-state index in [0.29, 0.717) is 18.1 Å². The third-order valence-electron chi connectivity index (χ3n) is 3.35. The van der Waals surface area contributed by atoms with Crippen molar-refractivity contribution in [2.75, 3.05) is 27.4 Å². The number of carbonyl (C=O) groups is 2. The lowest BCUT2D eigenvalue weighted by Crippen LogP contribution is -2.42. The highest BCUT2D eigenvalue weighted by Gasteiger charge is 2.21. The van der Waals surface area contributed by atoms with Gasteiger partial charge in [0.15, 0.2) is 11.5 Å². The third kappa shape index (κ3) is 5.47. The van der Waals surface area contributed by atoms with E-state index in [0.717, 1.165) is 5.56 Å². The molecule has 0 atom stereocenters. The fraction of sp³-hybridized carbons (Fsp3) is 0.529. The number of rotatable bonds is 8. The first kappa shape index (κ1) is 18.8. The summed E-state index contributed by atoms with van der Waals surface area (Å²) in [6.45, 7) is 5.73. The van der Waals surface area contributed by atoms with Crippen LogP contribution in [0.1, 0.15) is 26.3 Å². The molecule has 6 nitrogen and oxygen atoms in total. The first-order valence-electron chi connectivity index (χ1n) is 7.58. The Hall–Kier alpha value is -2.24. The van der Waals surface area contributed by atoms with Gasteiger partial charge in [-0.05, 0) is 38.5 Å². The van der Waals surface area contributed by atoms with E-state index in [9.17, 15) is 9.59 Å². The van der Waals surface area contributed by atoms with Gasteiger partial charge in [-0.15, -0.1) is 0 Å². The summed E-state index contributed by atoms with van der Waals surface area (Å²) in [5, 5.41) is 0. The summed E-state index contributed by atoms with van der Waals surface area (Å²) in [7, 11) is 3.10. The molecular formula is C17H25NO5. The zero-order valence-electron chi connectivity index (χ0n) is 14.4. The summed E-state index contributed by atoms with van der Waals surface area (Å²) in [6, 6.07) is 5.24. The van der Waals surface area contributed by atoms with Crippen LogP contribution in [0.3, 0.4) is 0 Å². The van der Waals surface area contributed by atoms with Gasteiger partial charge in [-0.1, -0.05) is 6.07 Å². The largest absolute Gasteiger partial charge is 0.493 e. The number of methoxy groups -OCH3 is 2. The van der Waals surface area contributed by atoms with Crippen LogP contribution in [-0.2, 0) is 20.7 Å². The monoisotopic (exact) mass is 323 g/mol. The molecule has 1 amide bonds. The number of benzene rings is 1. The normalized spacial score (nSPS) is 10.3. The topological polar surface area (TPSA) is 65.1 Å². The number of nitrogens with zero attached hydrogens (tertiary/aromatic N) is 1. The van der Waals surface area contributed by atoms with Crippen molar-refractivity contribution in [3.8, 4) is 11.5 Å². The van der Waals surface area contributed by atoms with E-state index in [1.54, 1.807) is 33.3 Å². The van der Waals surface area contributed by atoms with Crippen molar-refractivity contribution in [1.82, 2.24) is 4.90 Å². The summed E-state index contributed by atoms with van der Waals surface area (Å²) < 4.78 is 15.3. The Morgan fingerprint density at radius 1 is 1.13 bits per heavy atom. The van der Waals surface area contributed by atoms with E-state index in [2.05, 4.69) is 0 Å². The average molecular weight is 323 g/mol. The van der Waals surface area contributed by atoms with Crippen LogP contribution in [0, 0.1) is 0 Å². The van der Waals surface area contributed by atoms with Crippen LogP contribution in [0.5, 0.6) is 11.5 Å². The highest BCUT2D eigenvalue weighted by atomic mass is 16.5. The fourth-order valence-electron chi connectivity index (χ4n) is 2.17. The quantitative estimate of drug-likeness (QED) is 0.685. The molecule has 1 rings (SSSR count). The van der Waals surface area contributed by atoms with Crippen molar-refractivity contribution in [3.63, 3.8) is 0 Å². The molecule has 23 heavy (non-hydrogen) atoms. The van der Waals surface area contributed by atoms with Crippen molar-refractivity contribution in [1.29, 1.82) is 0 Å². The Morgan fingerprint density at radius 2 is 1.78 bits per heavy atom. The Balaban J connectivity index is 2.84. The van der Waals surface area contributed by atoms with Gasteiger partial charge < -0.3 is 19.1 Å². The second-order valence-electron chi connectivity index (χ2n) is 5.29. The lowest BCUT2D eigenvalue weighted by Gasteiger charge is -2.26. The molecule has 0 heterocycles. The molecule has 0 spiro atoms. The maximum atomic E-state index is 12.5. The third-order valence-corrected chi connectivity index (χ3v) is 3.35. The number of carbonyl (C=O) groups excluding carboxylic acids is 2. The molecular weight excluding hydrogens is 298 g/mol. The summed E-state index contributed by atoms with van der Waals surface area (Å²) in [4.78, 5) is 25.6. The molecule has 0 saturated heterocycles. The van der Waals surface area contributed by atoms with Crippen LogP contribution < -0.4 is 9.47 Å². The van der Waals surface area contributed by atoms with Gasteiger partial charge in [0.2, 0.25) is 5.91 Å². The minimum absolute atomic E-state index is 0.0440. The molecule has 128 valence electrons. The Morgan fingerprint density at radius 3 is 2.30 bits per heavy atom. The lowest BCUT2D eigenvalue weighted by molar-refractivity contribution is -0.149. The predicted molar refractivity (Wildman–Crippen MR) is 86.7 cm³/mol. The average Bonchev–Trinajstić information content (AvgIpc) is 2.52. The fourth-order valence-corrected chi connectivity index (χ4v) is 2.17. The number of hydrogen-bond donors (Lipinski definition) is 0. The molecule has 6 heteroatoms. The molecule has 1 aromatic rings. The Kier molecular flexibility index (Phi) is 7.38. The van der Waals surface area contributed by atoms with Gasteiger partial charge in [-0.2, -0.15) is 0 Å². The molecule has 0 fully saturated rings. The van der Waals surface area contributed by atoms with E-state index >= 15 is 0 Å². The lowest BCUT2D eigenvalue weighted by atomic mass is 10.1. The summed E-state index contributed by atoms with van der Waals surface area (Å²) in [5.74, 6) is 0.636. The zero-order chi connectivity index (χ0) is 17.4. The molecule has 0 radical (unpaired) electrons. The van der Waals surface area contributed by atoms with Crippen LogP contribution >= 0.6 is 0 Å². The molecule has 0 saturated carbocycles. The number of ether oxygens (including phenoxy) is 3. The first-order chi connectivity index (χ1) is 10.9. The molecule has 0 aliphatic carbocycles. The van der Waals surface area contributed by atoms with Crippen LogP contribution in [-0.4, -0.2) is 50.2 Å². The van der Waals surface area contributed by atoms with Gasteiger partial charge in [-0.25, -0.2) is 0 Å². The SMILES string of the molecule is CCOC(=O)CN(C(=O)Cc1ccc(OC)c(OC)c1)C(C)C. The van der Waals surface area contributed by atoms with Gasteiger partial charge in [0.1, 0.15) is 6.54 Å². The van der Waals surface area contributed by atoms with Crippen LogP contribution in [0.2, 0.25) is 0 Å². The predicted octanol–water partition coefficient (Wildman–Crippen LogP) is 2.05. The highest BCUT2D eigenvalue weighted by Crippen LogP contribution is 2.27. The van der Waals surface area contributed by atoms with Crippen molar-refractivity contribution in [2.45, 2.75) is 33.2 Å². The van der Waals surface area contributed by atoms with Gasteiger partial charge >= 0.3 is 5.97 Å². The molecule has 0 aliphatic rings. The minimum atomic E-state index is -0.401. The Labute approximate surface area is 137 Å². The second-order valence-corrected chi connectivity index (χ2v) is 5.29. The van der Waals surface area contributed by atoms with Crippen LogP contribution in [0.4, 0.5) is 0 Å². The first-order valence-corrected chi connectivity index (χ1v) is 7.58. The van der Waals surface area contributed by atoms with Gasteiger partial charge in [-0.3, -0.25) is 9.59 Å². The summed E-state index contributed by atoms with van der Waals surface area (Å²) in [5.41, 5.74) is 0.794. The standard InChI is InChI=1S/C17H25NO5/c1-6-23-17(20)11-18(12(2)3)16(19)10-13-7-8-14(21-4)15(9-13)22-5/h7-9,12H,6,10-11H2,1-5H3. The second kappa shape index (κ2) is 9.02. The van der Waals surface area contributed by atoms with Crippen LogP contribution in [0.15, 0.2) is 18.2 Å². The summed E-state index contributed by atoms with van der Waals surface area (Å²) in [6.07, 6.45) is 0.179. The van der Waals surface area contributed by atoms with E-state index in [1.807, 2.05) is 19.9 Å². The number of esters is 1. The van der Waals surface area contributed by atoms with E-state index in [-0.39, 0.29) is 24.9 Å². The number of amides is 1. The number of hydrogen-bond acceptors (Lipinski definition) is 5. The van der Waals surface area contributed by atoms with Gasteiger partial charge in [0.25, 0.3) is 0 Å². The van der Waals surface area contributed by atoms with Crippen molar-refractivity contribution >= 4 is 11.9 Å². The maximum absolute atomic E-state index is 12.5. The van der Waals surface area contributed by atoms with Gasteiger partial charge in [0.05, 0.1) is 27.2 Å². The molecule has 0 aromatic heterocycles. The van der Waals surface area contributed by atoms with E-state index in [1.165, 1.54) is 4.90 Å². The summed E-state index contributed by atoms with van der Waals surface area (Å²) >= 11 is 0. The van der Waals surface area contributed by atoms with Gasteiger partial charge in [0, 0.05) is 6.04 Å². The molecule has 0 aliphatic heterocycles.